The molecule has 158 valence electrons. The number of amides is 1. The average Bonchev–Trinajstić information content (AvgIpc) is 2.64. The van der Waals surface area contributed by atoms with Crippen molar-refractivity contribution in [3.05, 3.63) is 0 Å². The molecule has 27 heavy (non-hydrogen) atoms. The summed E-state index contributed by atoms with van der Waals surface area (Å²) in [5.41, 5.74) is 5.45. The van der Waals surface area contributed by atoms with Gasteiger partial charge in [-0.2, -0.15) is 0 Å². The summed E-state index contributed by atoms with van der Waals surface area (Å²) in [4.78, 5) is 18.4. The zero-order valence-electron chi connectivity index (χ0n) is 17.8. The Morgan fingerprint density at radius 1 is 1.33 bits per heavy atom. The van der Waals surface area contributed by atoms with E-state index in [9.17, 15) is 4.79 Å². The number of nitrogens with one attached hydrogen (secondary N) is 2. The monoisotopic (exact) mass is 383 g/mol. The smallest absolute Gasteiger partial charge is 0.221 e. The Hall–Kier alpha value is -1.34. The van der Waals surface area contributed by atoms with Crippen molar-refractivity contribution < 1.29 is 9.53 Å². The summed E-state index contributed by atoms with van der Waals surface area (Å²) in [7, 11) is 0. The van der Waals surface area contributed by atoms with Gasteiger partial charge in [0, 0.05) is 32.8 Å². The molecule has 0 aromatic rings. The zero-order chi connectivity index (χ0) is 20.1. The molecule has 7 heteroatoms. The second-order valence-corrected chi connectivity index (χ2v) is 7.61. The maximum atomic E-state index is 11.4. The molecule has 1 heterocycles. The number of ether oxygens (including phenoxy) is 1. The van der Waals surface area contributed by atoms with E-state index in [1.165, 1.54) is 0 Å². The lowest BCUT2D eigenvalue weighted by atomic mass is 9.97. The molecule has 0 bridgehead atoms. The predicted octanol–water partition coefficient (Wildman–Crippen LogP) is 1.58. The summed E-state index contributed by atoms with van der Waals surface area (Å²) in [6.45, 7) is 14.5. The lowest BCUT2D eigenvalue weighted by Gasteiger charge is -2.30. The van der Waals surface area contributed by atoms with Crippen LogP contribution >= 0.6 is 0 Å². The van der Waals surface area contributed by atoms with Crippen molar-refractivity contribution >= 4 is 11.9 Å². The van der Waals surface area contributed by atoms with E-state index < -0.39 is 0 Å². The van der Waals surface area contributed by atoms with Gasteiger partial charge in [-0.15, -0.1) is 0 Å². The van der Waals surface area contributed by atoms with E-state index in [1.807, 2.05) is 6.92 Å². The Kier molecular flexibility index (Phi) is 12.1. The van der Waals surface area contributed by atoms with Crippen LogP contribution in [0.1, 0.15) is 53.4 Å². The third-order valence-corrected chi connectivity index (χ3v) is 5.00. The number of nitrogens with two attached hydrogens (primary N) is 1. The highest BCUT2D eigenvalue weighted by molar-refractivity contribution is 5.79. The Morgan fingerprint density at radius 3 is 2.74 bits per heavy atom. The molecule has 0 saturated carbocycles. The van der Waals surface area contributed by atoms with Crippen molar-refractivity contribution in [2.24, 2.45) is 22.6 Å². The molecule has 2 unspecified atom stereocenters. The van der Waals surface area contributed by atoms with Crippen LogP contribution in [0.3, 0.4) is 0 Å². The van der Waals surface area contributed by atoms with E-state index in [1.54, 1.807) is 0 Å². The van der Waals surface area contributed by atoms with Gasteiger partial charge in [0.15, 0.2) is 5.96 Å². The number of likely N-dealkylation sites (tertiary alicyclic amines) is 1. The summed E-state index contributed by atoms with van der Waals surface area (Å²) in [5, 5.41) is 6.71. The number of hydrogen-bond donors (Lipinski definition) is 3. The summed E-state index contributed by atoms with van der Waals surface area (Å²) in [6.07, 6.45) is 4.21. The topological polar surface area (TPSA) is 92.0 Å². The highest BCUT2D eigenvalue weighted by Gasteiger charge is 2.23. The van der Waals surface area contributed by atoms with Crippen molar-refractivity contribution in [1.29, 1.82) is 0 Å². The molecule has 1 aliphatic rings. The van der Waals surface area contributed by atoms with Gasteiger partial charge in [-0.3, -0.25) is 9.79 Å². The maximum absolute atomic E-state index is 11.4. The summed E-state index contributed by atoms with van der Waals surface area (Å²) < 4.78 is 5.80. The van der Waals surface area contributed by atoms with Crippen LogP contribution < -0.4 is 16.4 Å². The van der Waals surface area contributed by atoms with E-state index in [-0.39, 0.29) is 17.9 Å². The third kappa shape index (κ3) is 9.96. The molecule has 0 aromatic heterocycles. The Balaban J connectivity index is 2.33. The molecule has 1 amide bonds. The summed E-state index contributed by atoms with van der Waals surface area (Å²) in [5.74, 6) is 1.23. The molecule has 0 aromatic carbocycles. The van der Waals surface area contributed by atoms with Gasteiger partial charge in [0.1, 0.15) is 0 Å². The lowest BCUT2D eigenvalue weighted by Crippen LogP contribution is -2.41. The van der Waals surface area contributed by atoms with Gasteiger partial charge >= 0.3 is 0 Å². The minimum absolute atomic E-state index is 0.0143. The fourth-order valence-corrected chi connectivity index (χ4v) is 3.47. The average molecular weight is 384 g/mol. The Morgan fingerprint density at radius 2 is 2.11 bits per heavy atom. The van der Waals surface area contributed by atoms with Crippen LogP contribution in [-0.2, 0) is 9.53 Å². The first-order chi connectivity index (χ1) is 13.0. The Labute approximate surface area is 165 Å². The van der Waals surface area contributed by atoms with E-state index >= 15 is 0 Å². The van der Waals surface area contributed by atoms with Gasteiger partial charge in [-0.25, -0.2) is 0 Å². The zero-order valence-corrected chi connectivity index (χ0v) is 17.8. The van der Waals surface area contributed by atoms with Crippen molar-refractivity contribution in [1.82, 2.24) is 15.5 Å². The number of aliphatic imine (C=N–C) groups is 1. The lowest BCUT2D eigenvalue weighted by molar-refractivity contribution is -0.123. The second-order valence-electron chi connectivity index (χ2n) is 7.61. The number of nitrogens with zero attached hydrogens (tertiary/aromatic N) is 2. The highest BCUT2D eigenvalue weighted by Crippen LogP contribution is 2.16. The molecule has 1 aliphatic heterocycles. The number of piperidine rings is 1. The van der Waals surface area contributed by atoms with Gasteiger partial charge in [0.25, 0.3) is 0 Å². The van der Waals surface area contributed by atoms with E-state index in [0.29, 0.717) is 5.92 Å². The summed E-state index contributed by atoms with van der Waals surface area (Å²) in [6, 6.07) is 0. The van der Waals surface area contributed by atoms with Crippen LogP contribution in [-0.4, -0.2) is 68.7 Å². The largest absolute Gasteiger partial charge is 0.378 e. The van der Waals surface area contributed by atoms with Crippen molar-refractivity contribution in [2.45, 2.75) is 59.5 Å². The third-order valence-electron chi connectivity index (χ3n) is 5.00. The van der Waals surface area contributed by atoms with Crippen LogP contribution in [0.4, 0.5) is 0 Å². The fourth-order valence-electron chi connectivity index (χ4n) is 3.47. The predicted molar refractivity (Wildman–Crippen MR) is 112 cm³/mol. The molecule has 2 atom stereocenters. The number of carbonyl (C=O) groups excluding carboxylic acids is 1. The van der Waals surface area contributed by atoms with Gasteiger partial charge in [-0.05, 0) is 58.5 Å². The number of hydrogen-bond acceptors (Lipinski definition) is 4. The number of carbonyl (C=O) groups is 1. The minimum Gasteiger partial charge on any atom is -0.378 e. The molecule has 1 rings (SSSR count). The van der Waals surface area contributed by atoms with Gasteiger partial charge in [0.2, 0.25) is 5.91 Å². The molecule has 0 spiro atoms. The molecular weight excluding hydrogens is 342 g/mol. The van der Waals surface area contributed by atoms with E-state index in [2.05, 4.69) is 41.3 Å². The van der Waals surface area contributed by atoms with Crippen molar-refractivity contribution in [3.8, 4) is 0 Å². The van der Waals surface area contributed by atoms with Crippen LogP contribution in [0.2, 0.25) is 0 Å². The molecule has 7 nitrogen and oxygen atoms in total. The maximum Gasteiger partial charge on any atom is 0.221 e. The second kappa shape index (κ2) is 13.8. The first kappa shape index (κ1) is 23.7. The van der Waals surface area contributed by atoms with Gasteiger partial charge in [0.05, 0.1) is 12.0 Å². The first-order valence-electron chi connectivity index (χ1n) is 10.6. The van der Waals surface area contributed by atoms with Crippen LogP contribution in [0.15, 0.2) is 4.99 Å². The van der Waals surface area contributed by atoms with Crippen LogP contribution in [0.5, 0.6) is 0 Å². The molecule has 0 radical (unpaired) electrons. The number of primary amides is 1. The van der Waals surface area contributed by atoms with Gasteiger partial charge in [-0.1, -0.05) is 13.8 Å². The molecule has 1 fully saturated rings. The molecular formula is C20H41N5O2. The fraction of sp³-hybridized carbons (Fsp3) is 0.900. The quantitative estimate of drug-likeness (QED) is 0.270. The number of rotatable bonds is 12. The Bertz CT molecular complexity index is 442. The SMILES string of the molecule is CCNC(=NCCCN1CCCC(C(N)=O)C1)NCCC(OCC)C(C)C. The first-order valence-corrected chi connectivity index (χ1v) is 10.6. The van der Waals surface area contributed by atoms with Crippen LogP contribution in [0, 0.1) is 11.8 Å². The normalized spacial score (nSPS) is 19.9. The van der Waals surface area contributed by atoms with Crippen molar-refractivity contribution in [3.63, 3.8) is 0 Å². The molecule has 0 aliphatic carbocycles. The molecule has 4 N–H and O–H groups in total. The van der Waals surface area contributed by atoms with E-state index in [4.69, 9.17) is 10.5 Å². The highest BCUT2D eigenvalue weighted by atomic mass is 16.5. The molecule has 1 saturated heterocycles. The van der Waals surface area contributed by atoms with Gasteiger partial charge < -0.3 is 26.0 Å². The van der Waals surface area contributed by atoms with E-state index in [0.717, 1.165) is 77.5 Å². The standard InChI is InChI=1S/C20H41N5O2/c1-5-22-20(24-12-10-18(16(3)4)27-6-2)23-11-8-14-25-13-7-9-17(15-25)19(21)26/h16-18H,5-15H2,1-4H3,(H2,21,26)(H2,22,23,24). The van der Waals surface area contributed by atoms with Crippen molar-refractivity contribution in [2.75, 3.05) is 45.9 Å². The number of guanidine groups is 1. The van der Waals surface area contributed by atoms with Crippen LogP contribution in [0.25, 0.3) is 0 Å². The summed E-state index contributed by atoms with van der Waals surface area (Å²) >= 11 is 0. The minimum atomic E-state index is -0.164.